The predicted molar refractivity (Wildman–Crippen MR) is 124 cm³/mol. The van der Waals surface area contributed by atoms with Crippen molar-refractivity contribution in [2.75, 3.05) is 37.0 Å². The van der Waals surface area contributed by atoms with E-state index in [0.29, 0.717) is 6.61 Å². The lowest BCUT2D eigenvalue weighted by Gasteiger charge is -2.30. The Hall–Kier alpha value is -2.17. The first-order valence-electron chi connectivity index (χ1n) is 10.5. The van der Waals surface area contributed by atoms with Crippen molar-refractivity contribution in [2.24, 2.45) is 0 Å². The first-order chi connectivity index (χ1) is 14.2. The molecule has 4 heteroatoms. The third-order valence-electron chi connectivity index (χ3n) is 5.31. The number of thioether (sulfide) groups is 1. The normalized spacial score (nSPS) is 14.6. The SMILES string of the molecule is CCOC(C)Cc1ccc2cc(OCCN3CCSc4ccccc43)ccc2c1. The summed E-state index contributed by atoms with van der Waals surface area (Å²) >= 11 is 1.94. The molecular weight excluding hydrogens is 378 g/mol. The van der Waals surface area contributed by atoms with E-state index in [4.69, 9.17) is 9.47 Å². The number of fused-ring (bicyclic) bond motifs is 2. The molecule has 1 aliphatic heterocycles. The van der Waals surface area contributed by atoms with Gasteiger partial charge in [-0.25, -0.2) is 0 Å². The predicted octanol–water partition coefficient (Wildman–Crippen LogP) is 5.80. The highest BCUT2D eigenvalue weighted by Gasteiger charge is 2.16. The van der Waals surface area contributed by atoms with Crippen LogP contribution in [0.25, 0.3) is 10.8 Å². The van der Waals surface area contributed by atoms with Gasteiger partial charge in [0.1, 0.15) is 12.4 Å². The summed E-state index contributed by atoms with van der Waals surface area (Å²) in [6.07, 6.45) is 1.19. The number of benzene rings is 3. The average molecular weight is 408 g/mol. The average Bonchev–Trinajstić information content (AvgIpc) is 2.74. The maximum absolute atomic E-state index is 6.09. The van der Waals surface area contributed by atoms with Crippen LogP contribution >= 0.6 is 11.8 Å². The second kappa shape index (κ2) is 9.55. The molecule has 0 aromatic heterocycles. The van der Waals surface area contributed by atoms with Crippen LogP contribution in [0.2, 0.25) is 0 Å². The largest absolute Gasteiger partial charge is 0.492 e. The third kappa shape index (κ3) is 5.06. The van der Waals surface area contributed by atoms with Gasteiger partial charge in [0, 0.05) is 23.8 Å². The van der Waals surface area contributed by atoms with E-state index in [1.54, 1.807) is 0 Å². The molecule has 0 radical (unpaired) electrons. The van der Waals surface area contributed by atoms with Gasteiger partial charge in [0.05, 0.1) is 18.3 Å². The first-order valence-corrected chi connectivity index (χ1v) is 11.5. The zero-order valence-corrected chi connectivity index (χ0v) is 18.1. The van der Waals surface area contributed by atoms with Crippen LogP contribution in [0, 0.1) is 0 Å². The van der Waals surface area contributed by atoms with E-state index >= 15 is 0 Å². The van der Waals surface area contributed by atoms with Gasteiger partial charge in [-0.1, -0.05) is 36.4 Å². The van der Waals surface area contributed by atoms with Gasteiger partial charge in [-0.15, -0.1) is 11.8 Å². The quantitative estimate of drug-likeness (QED) is 0.470. The van der Waals surface area contributed by atoms with Crippen molar-refractivity contribution in [3.8, 4) is 5.75 Å². The van der Waals surface area contributed by atoms with Crippen LogP contribution in [-0.2, 0) is 11.2 Å². The number of nitrogens with zero attached hydrogens (tertiary/aromatic N) is 1. The summed E-state index contributed by atoms with van der Waals surface area (Å²) in [5.74, 6) is 2.07. The molecule has 1 atom stereocenters. The standard InChI is InChI=1S/C25H29NO2S/c1-3-27-19(2)16-20-8-9-22-18-23(11-10-21(22)17-20)28-14-12-26-13-15-29-25-7-5-4-6-24(25)26/h4-11,17-19H,3,12-16H2,1-2H3. The zero-order valence-electron chi connectivity index (χ0n) is 17.3. The van der Waals surface area contributed by atoms with Gasteiger partial charge >= 0.3 is 0 Å². The van der Waals surface area contributed by atoms with E-state index in [-0.39, 0.29) is 6.10 Å². The number of para-hydroxylation sites is 1. The summed E-state index contributed by atoms with van der Waals surface area (Å²) in [7, 11) is 0. The summed E-state index contributed by atoms with van der Waals surface area (Å²) in [4.78, 5) is 3.80. The Labute approximate surface area is 178 Å². The lowest BCUT2D eigenvalue weighted by atomic mass is 10.0. The molecule has 0 N–H and O–H groups in total. The summed E-state index contributed by atoms with van der Waals surface area (Å²) in [5, 5.41) is 2.47. The van der Waals surface area contributed by atoms with Crippen molar-refractivity contribution < 1.29 is 9.47 Å². The molecular formula is C25H29NO2S. The molecule has 152 valence electrons. The number of anilines is 1. The second-order valence-electron chi connectivity index (χ2n) is 7.47. The highest BCUT2D eigenvalue weighted by atomic mass is 32.2. The van der Waals surface area contributed by atoms with Crippen LogP contribution in [0.15, 0.2) is 65.6 Å². The van der Waals surface area contributed by atoms with Crippen molar-refractivity contribution in [1.29, 1.82) is 0 Å². The topological polar surface area (TPSA) is 21.7 Å². The first kappa shape index (κ1) is 20.1. The molecule has 29 heavy (non-hydrogen) atoms. The Morgan fingerprint density at radius 2 is 1.86 bits per heavy atom. The Morgan fingerprint density at radius 3 is 2.76 bits per heavy atom. The molecule has 0 fully saturated rings. The molecule has 1 unspecified atom stereocenters. The molecule has 0 spiro atoms. The fraction of sp³-hybridized carbons (Fsp3) is 0.360. The van der Waals surface area contributed by atoms with Crippen LogP contribution in [-0.4, -0.2) is 38.2 Å². The number of ether oxygens (including phenoxy) is 2. The van der Waals surface area contributed by atoms with Crippen LogP contribution in [0.4, 0.5) is 5.69 Å². The van der Waals surface area contributed by atoms with E-state index in [0.717, 1.165) is 37.6 Å². The molecule has 0 saturated heterocycles. The molecule has 1 aliphatic rings. The van der Waals surface area contributed by atoms with Gasteiger partial charge in [-0.05, 0) is 60.9 Å². The number of hydrogen-bond acceptors (Lipinski definition) is 4. The second-order valence-corrected chi connectivity index (χ2v) is 8.60. The number of rotatable bonds is 8. The molecule has 4 rings (SSSR count). The van der Waals surface area contributed by atoms with Gasteiger partial charge in [0.15, 0.2) is 0 Å². The summed E-state index contributed by atoms with van der Waals surface area (Å²) in [5.41, 5.74) is 2.65. The number of hydrogen-bond donors (Lipinski definition) is 0. The van der Waals surface area contributed by atoms with Crippen LogP contribution in [0.5, 0.6) is 5.75 Å². The van der Waals surface area contributed by atoms with E-state index in [1.807, 2.05) is 18.7 Å². The van der Waals surface area contributed by atoms with Crippen LogP contribution in [0.3, 0.4) is 0 Å². The minimum atomic E-state index is 0.248. The van der Waals surface area contributed by atoms with Crippen LogP contribution < -0.4 is 9.64 Å². The van der Waals surface area contributed by atoms with Gasteiger partial charge in [-0.3, -0.25) is 0 Å². The maximum atomic E-state index is 6.09. The van der Waals surface area contributed by atoms with Gasteiger partial charge in [0.25, 0.3) is 0 Å². The Bertz CT molecular complexity index is 958. The highest BCUT2D eigenvalue weighted by molar-refractivity contribution is 7.99. The van der Waals surface area contributed by atoms with Gasteiger partial charge in [-0.2, -0.15) is 0 Å². The van der Waals surface area contributed by atoms with E-state index in [9.17, 15) is 0 Å². The fourth-order valence-electron chi connectivity index (χ4n) is 3.90. The smallest absolute Gasteiger partial charge is 0.120 e. The lowest BCUT2D eigenvalue weighted by molar-refractivity contribution is 0.0768. The van der Waals surface area contributed by atoms with Gasteiger partial charge in [0.2, 0.25) is 0 Å². The minimum absolute atomic E-state index is 0.248. The van der Waals surface area contributed by atoms with Crippen molar-refractivity contribution in [3.05, 3.63) is 66.2 Å². The maximum Gasteiger partial charge on any atom is 0.120 e. The van der Waals surface area contributed by atoms with Crippen molar-refractivity contribution in [3.63, 3.8) is 0 Å². The van der Waals surface area contributed by atoms with E-state index in [2.05, 4.69) is 72.5 Å². The van der Waals surface area contributed by atoms with Crippen molar-refractivity contribution >= 4 is 28.2 Å². The summed E-state index contributed by atoms with van der Waals surface area (Å²) in [6.45, 7) is 7.60. The van der Waals surface area contributed by atoms with Crippen molar-refractivity contribution in [1.82, 2.24) is 0 Å². The Balaban J connectivity index is 1.37. The monoisotopic (exact) mass is 407 g/mol. The highest BCUT2D eigenvalue weighted by Crippen LogP contribution is 2.34. The molecule has 0 saturated carbocycles. The molecule has 0 amide bonds. The summed E-state index contributed by atoms with van der Waals surface area (Å²) < 4.78 is 11.8. The minimum Gasteiger partial charge on any atom is -0.492 e. The third-order valence-corrected chi connectivity index (χ3v) is 6.35. The fourth-order valence-corrected chi connectivity index (χ4v) is 4.95. The van der Waals surface area contributed by atoms with Gasteiger partial charge < -0.3 is 14.4 Å². The summed E-state index contributed by atoms with van der Waals surface area (Å²) in [6, 6.07) is 21.7. The van der Waals surface area contributed by atoms with E-state index in [1.165, 1.54) is 26.9 Å². The van der Waals surface area contributed by atoms with Crippen LogP contribution in [0.1, 0.15) is 19.4 Å². The lowest BCUT2D eigenvalue weighted by Crippen LogP contribution is -2.33. The zero-order chi connectivity index (χ0) is 20.1. The molecule has 0 bridgehead atoms. The molecule has 1 heterocycles. The van der Waals surface area contributed by atoms with Crippen molar-refractivity contribution in [2.45, 2.75) is 31.3 Å². The molecule has 0 aliphatic carbocycles. The Morgan fingerprint density at radius 1 is 1.03 bits per heavy atom. The van der Waals surface area contributed by atoms with E-state index < -0.39 is 0 Å². The molecule has 3 nitrogen and oxygen atoms in total. The Kier molecular flexibility index (Phi) is 6.63. The molecule has 3 aromatic rings. The molecule has 3 aromatic carbocycles.